The molecule has 30 heavy (non-hydrogen) atoms. The highest BCUT2D eigenvalue weighted by Crippen LogP contribution is 2.24. The van der Waals surface area contributed by atoms with Crippen LogP contribution in [0.2, 0.25) is 0 Å². The number of nitrogens with one attached hydrogen (secondary N) is 2. The van der Waals surface area contributed by atoms with E-state index < -0.39 is 0 Å². The smallest absolute Gasteiger partial charge is 0.319 e. The Hall–Kier alpha value is -3.10. The summed E-state index contributed by atoms with van der Waals surface area (Å²) >= 11 is 1.70. The van der Waals surface area contributed by atoms with Gasteiger partial charge in [-0.05, 0) is 50.5 Å². The van der Waals surface area contributed by atoms with Gasteiger partial charge < -0.3 is 21.3 Å². The van der Waals surface area contributed by atoms with Crippen LogP contribution in [0, 0.1) is 0 Å². The molecule has 0 saturated carbocycles. The molecule has 7 nitrogen and oxygen atoms in total. The maximum atomic E-state index is 11.9. The highest BCUT2D eigenvalue weighted by molar-refractivity contribution is 7.98. The van der Waals surface area contributed by atoms with E-state index in [0.29, 0.717) is 29.6 Å². The van der Waals surface area contributed by atoms with Crippen LogP contribution in [0.1, 0.15) is 5.69 Å². The molecule has 8 heteroatoms. The molecule has 0 unspecified atom stereocenters. The van der Waals surface area contributed by atoms with E-state index >= 15 is 0 Å². The second-order valence-corrected chi connectivity index (χ2v) is 8.02. The number of nitrogens with zero attached hydrogens (tertiary/aromatic N) is 3. The topological polar surface area (TPSA) is 96.2 Å². The van der Waals surface area contributed by atoms with E-state index in [2.05, 4.69) is 32.7 Å². The lowest BCUT2D eigenvalue weighted by atomic mass is 10.2. The molecule has 0 aliphatic heterocycles. The highest BCUT2D eigenvalue weighted by Gasteiger charge is 2.08. The molecule has 3 aromatic rings. The Morgan fingerprint density at radius 1 is 1.07 bits per heavy atom. The number of rotatable bonds is 8. The molecule has 3 rings (SSSR count). The number of benzene rings is 2. The number of hydrogen-bond donors (Lipinski definition) is 3. The van der Waals surface area contributed by atoms with Crippen LogP contribution in [-0.2, 0) is 5.75 Å². The van der Waals surface area contributed by atoms with Crippen LogP contribution >= 0.6 is 11.8 Å². The summed E-state index contributed by atoms with van der Waals surface area (Å²) in [5, 5.41) is 5.63. The van der Waals surface area contributed by atoms with Gasteiger partial charge in [0.1, 0.15) is 5.82 Å². The number of thioether (sulfide) groups is 1. The first-order valence-electron chi connectivity index (χ1n) is 9.61. The molecule has 0 bridgehead atoms. The number of carbonyl (C=O) groups is 1. The summed E-state index contributed by atoms with van der Waals surface area (Å²) in [6, 6.07) is 19.1. The number of urea groups is 1. The summed E-state index contributed by atoms with van der Waals surface area (Å²) in [6.07, 6.45) is 0. The summed E-state index contributed by atoms with van der Waals surface area (Å²) in [5.74, 6) is 1.71. The standard InChI is InChI=1S/C22H26N6OS/c1-28(2)13-12-24-22(29)26-17-10-8-16(9-11-17)21-25-18(14-20(23)27-21)15-30-19-6-4-3-5-7-19/h3-11,14H,12-13,15H2,1-2H3,(H2,23,25,27)(H2,24,26,29). The van der Waals surface area contributed by atoms with Gasteiger partial charge in [0, 0.05) is 41.1 Å². The fraction of sp³-hybridized carbons (Fsp3) is 0.227. The van der Waals surface area contributed by atoms with Crippen molar-refractivity contribution in [3.05, 3.63) is 66.4 Å². The van der Waals surface area contributed by atoms with Crippen molar-refractivity contribution in [1.82, 2.24) is 20.2 Å². The maximum Gasteiger partial charge on any atom is 0.319 e. The largest absolute Gasteiger partial charge is 0.384 e. The molecule has 2 aromatic carbocycles. The molecule has 2 amide bonds. The molecule has 156 valence electrons. The molecule has 0 radical (unpaired) electrons. The zero-order valence-corrected chi connectivity index (χ0v) is 17.9. The highest BCUT2D eigenvalue weighted by atomic mass is 32.2. The number of amides is 2. The SMILES string of the molecule is CN(C)CCNC(=O)Nc1ccc(-c2nc(N)cc(CSc3ccccc3)n2)cc1. The molecule has 0 atom stereocenters. The van der Waals surface area contributed by atoms with Gasteiger partial charge in [0.15, 0.2) is 5.82 Å². The summed E-state index contributed by atoms with van der Waals surface area (Å²) in [6.45, 7) is 1.36. The molecule has 1 aromatic heterocycles. The van der Waals surface area contributed by atoms with Crippen molar-refractivity contribution in [2.75, 3.05) is 38.2 Å². The third kappa shape index (κ3) is 6.75. The molecule has 4 N–H and O–H groups in total. The third-order valence-electron chi connectivity index (χ3n) is 4.17. The van der Waals surface area contributed by atoms with Crippen molar-refractivity contribution in [3.63, 3.8) is 0 Å². The first kappa shape index (κ1) is 21.6. The van der Waals surface area contributed by atoms with Crippen LogP contribution in [-0.4, -0.2) is 48.1 Å². The fourth-order valence-corrected chi connectivity index (χ4v) is 3.48. The zero-order valence-electron chi connectivity index (χ0n) is 17.1. The van der Waals surface area contributed by atoms with Gasteiger partial charge in [0.05, 0.1) is 5.69 Å². The monoisotopic (exact) mass is 422 g/mol. The average Bonchev–Trinajstić information content (AvgIpc) is 2.73. The van der Waals surface area contributed by atoms with Gasteiger partial charge in [0.25, 0.3) is 0 Å². The molecule has 0 fully saturated rings. The van der Waals surface area contributed by atoms with E-state index in [4.69, 9.17) is 5.73 Å². The minimum atomic E-state index is -0.231. The number of likely N-dealkylation sites (N-methyl/N-ethyl adjacent to an activating group) is 1. The number of nitrogen functional groups attached to an aromatic ring is 1. The van der Waals surface area contributed by atoms with Crippen molar-refractivity contribution in [1.29, 1.82) is 0 Å². The molecule has 0 saturated heterocycles. The maximum absolute atomic E-state index is 11.9. The molecular weight excluding hydrogens is 396 g/mol. The van der Waals surface area contributed by atoms with E-state index in [-0.39, 0.29) is 6.03 Å². The van der Waals surface area contributed by atoms with Crippen LogP contribution in [0.5, 0.6) is 0 Å². The normalized spacial score (nSPS) is 10.8. The zero-order chi connectivity index (χ0) is 21.3. The Kier molecular flexibility index (Phi) is 7.64. The fourth-order valence-electron chi connectivity index (χ4n) is 2.67. The van der Waals surface area contributed by atoms with E-state index in [9.17, 15) is 4.79 Å². The number of carbonyl (C=O) groups excluding carboxylic acids is 1. The van der Waals surface area contributed by atoms with Crippen molar-refractivity contribution < 1.29 is 4.79 Å². The lowest BCUT2D eigenvalue weighted by Crippen LogP contribution is -2.34. The van der Waals surface area contributed by atoms with Gasteiger partial charge in [-0.25, -0.2) is 14.8 Å². The number of hydrogen-bond acceptors (Lipinski definition) is 6. The first-order chi connectivity index (χ1) is 14.5. The predicted octanol–water partition coefficient (Wildman–Crippen LogP) is 3.70. The quantitative estimate of drug-likeness (QED) is 0.479. The van der Waals surface area contributed by atoms with Gasteiger partial charge >= 0.3 is 6.03 Å². The molecule has 1 heterocycles. The van der Waals surface area contributed by atoms with Gasteiger partial charge in [-0.15, -0.1) is 11.8 Å². The Morgan fingerprint density at radius 3 is 2.50 bits per heavy atom. The summed E-state index contributed by atoms with van der Waals surface area (Å²) in [7, 11) is 3.92. The van der Waals surface area contributed by atoms with E-state index in [0.717, 1.165) is 17.8 Å². The average molecular weight is 423 g/mol. The first-order valence-corrected chi connectivity index (χ1v) is 10.6. The third-order valence-corrected chi connectivity index (χ3v) is 5.22. The molecule has 0 aliphatic rings. The Labute approximate surface area is 181 Å². The van der Waals surface area contributed by atoms with Crippen LogP contribution in [0.4, 0.5) is 16.3 Å². The van der Waals surface area contributed by atoms with E-state index in [1.165, 1.54) is 4.90 Å². The van der Waals surface area contributed by atoms with Crippen LogP contribution < -0.4 is 16.4 Å². The second kappa shape index (κ2) is 10.6. The lowest BCUT2D eigenvalue weighted by Gasteiger charge is -2.11. The van der Waals surface area contributed by atoms with E-state index in [1.807, 2.05) is 61.5 Å². The van der Waals surface area contributed by atoms with E-state index in [1.54, 1.807) is 17.8 Å². The summed E-state index contributed by atoms with van der Waals surface area (Å²) in [5.41, 5.74) is 8.41. The second-order valence-electron chi connectivity index (χ2n) is 6.97. The Bertz CT molecular complexity index is 963. The van der Waals surface area contributed by atoms with Gasteiger partial charge in [0.2, 0.25) is 0 Å². The van der Waals surface area contributed by atoms with Crippen LogP contribution in [0.15, 0.2) is 65.6 Å². The predicted molar refractivity (Wildman–Crippen MR) is 123 cm³/mol. The van der Waals surface area contributed by atoms with Crippen molar-refractivity contribution in [2.24, 2.45) is 0 Å². The Morgan fingerprint density at radius 2 is 1.80 bits per heavy atom. The lowest BCUT2D eigenvalue weighted by molar-refractivity contribution is 0.250. The van der Waals surface area contributed by atoms with Gasteiger partial charge in [-0.1, -0.05) is 18.2 Å². The van der Waals surface area contributed by atoms with Crippen LogP contribution in [0.3, 0.4) is 0 Å². The number of anilines is 2. The Balaban J connectivity index is 1.62. The van der Waals surface area contributed by atoms with Crippen molar-refractivity contribution in [3.8, 4) is 11.4 Å². The van der Waals surface area contributed by atoms with Crippen molar-refractivity contribution >= 4 is 29.3 Å². The van der Waals surface area contributed by atoms with Crippen molar-refractivity contribution in [2.45, 2.75) is 10.6 Å². The number of nitrogens with two attached hydrogens (primary N) is 1. The molecule has 0 aliphatic carbocycles. The minimum Gasteiger partial charge on any atom is -0.384 e. The number of aromatic nitrogens is 2. The van der Waals surface area contributed by atoms with Crippen LogP contribution in [0.25, 0.3) is 11.4 Å². The minimum absolute atomic E-state index is 0.231. The molecule has 0 spiro atoms. The summed E-state index contributed by atoms with van der Waals surface area (Å²) in [4.78, 5) is 24.1. The molecular formula is C22H26N6OS. The van der Waals surface area contributed by atoms with Gasteiger partial charge in [-0.3, -0.25) is 0 Å². The summed E-state index contributed by atoms with van der Waals surface area (Å²) < 4.78 is 0. The van der Waals surface area contributed by atoms with Gasteiger partial charge in [-0.2, -0.15) is 0 Å².